The topological polar surface area (TPSA) is 76.1 Å². The molecule has 2 heterocycles. The molecule has 0 radical (unpaired) electrons. The fraction of sp³-hybridized carbons (Fsp3) is 0.375. The van der Waals surface area contributed by atoms with Crippen molar-refractivity contribution in [2.45, 2.75) is 25.4 Å². The van der Waals surface area contributed by atoms with Gasteiger partial charge in [0.05, 0.1) is 11.8 Å². The summed E-state index contributed by atoms with van der Waals surface area (Å²) >= 11 is 0. The summed E-state index contributed by atoms with van der Waals surface area (Å²) in [6.45, 7) is 1.22. The van der Waals surface area contributed by atoms with Crippen molar-refractivity contribution in [1.29, 1.82) is 0 Å². The number of benzene rings is 1. The molecule has 2 N–H and O–H groups in total. The fourth-order valence-electron chi connectivity index (χ4n) is 2.55. The highest BCUT2D eigenvalue weighted by Crippen LogP contribution is 2.11. The second-order valence-electron chi connectivity index (χ2n) is 5.38. The molecule has 0 unspecified atom stereocenters. The first-order valence-electron chi connectivity index (χ1n) is 7.51. The maximum absolute atomic E-state index is 12.1. The number of hydrogen-bond acceptors (Lipinski definition) is 3. The Bertz CT molecular complexity index is 684. The lowest BCUT2D eigenvalue weighted by Crippen LogP contribution is -2.35. The minimum Gasteiger partial charge on any atom is -0.376 e. The predicted molar refractivity (Wildman–Crippen MR) is 82.3 cm³/mol. The van der Waals surface area contributed by atoms with E-state index in [-0.39, 0.29) is 23.3 Å². The molecular formula is C16H19N3O3. The highest BCUT2D eigenvalue weighted by atomic mass is 16.5. The van der Waals surface area contributed by atoms with E-state index in [0.29, 0.717) is 12.2 Å². The smallest absolute Gasteiger partial charge is 0.271 e. The third-order valence-corrected chi connectivity index (χ3v) is 3.74. The van der Waals surface area contributed by atoms with Gasteiger partial charge in [0.2, 0.25) is 0 Å². The first kappa shape index (κ1) is 14.6. The van der Waals surface area contributed by atoms with Gasteiger partial charge in [-0.1, -0.05) is 18.2 Å². The molecule has 1 aromatic carbocycles. The zero-order chi connectivity index (χ0) is 15.4. The number of aromatic amines is 1. The first-order valence-corrected chi connectivity index (χ1v) is 7.51. The van der Waals surface area contributed by atoms with E-state index in [1.165, 1.54) is 10.7 Å². The molecule has 0 bridgehead atoms. The molecular weight excluding hydrogens is 282 g/mol. The number of amides is 1. The first-order chi connectivity index (χ1) is 10.7. The van der Waals surface area contributed by atoms with Crippen LogP contribution in [0.4, 0.5) is 0 Å². The number of nitrogens with one attached hydrogen (secondary N) is 2. The van der Waals surface area contributed by atoms with Gasteiger partial charge in [0, 0.05) is 19.2 Å². The van der Waals surface area contributed by atoms with Crippen LogP contribution in [-0.4, -0.2) is 34.9 Å². The number of carbonyl (C=O) groups is 1. The monoisotopic (exact) mass is 301 g/mol. The molecule has 6 nitrogen and oxygen atoms in total. The highest BCUT2D eigenvalue weighted by Gasteiger charge is 2.17. The molecule has 0 aliphatic carbocycles. The second kappa shape index (κ2) is 6.62. The normalized spacial score (nSPS) is 18.1. The van der Waals surface area contributed by atoms with Crippen LogP contribution < -0.4 is 10.9 Å². The molecule has 0 saturated carbocycles. The largest absolute Gasteiger partial charge is 0.376 e. The van der Waals surface area contributed by atoms with Gasteiger partial charge in [-0.05, 0) is 31.4 Å². The number of aromatic nitrogens is 2. The summed E-state index contributed by atoms with van der Waals surface area (Å²) in [7, 11) is 0. The molecule has 1 amide bonds. The lowest BCUT2D eigenvalue weighted by atomic mass is 10.1. The van der Waals surface area contributed by atoms with Gasteiger partial charge in [0.25, 0.3) is 11.5 Å². The third kappa shape index (κ3) is 3.28. The van der Waals surface area contributed by atoms with Crippen LogP contribution >= 0.6 is 0 Å². The number of H-pyrrole nitrogens is 1. The molecule has 1 fully saturated rings. The number of nitrogens with zero attached hydrogens (tertiary/aromatic N) is 1. The van der Waals surface area contributed by atoms with Crippen molar-refractivity contribution in [2.75, 3.05) is 13.2 Å². The molecule has 1 aromatic heterocycles. The summed E-state index contributed by atoms with van der Waals surface area (Å²) in [6.07, 6.45) is 3.24. The molecule has 3 rings (SSSR count). The van der Waals surface area contributed by atoms with E-state index >= 15 is 0 Å². The van der Waals surface area contributed by atoms with Crippen LogP contribution in [0.3, 0.4) is 0 Å². The average molecular weight is 301 g/mol. The zero-order valence-electron chi connectivity index (χ0n) is 12.2. The Kier molecular flexibility index (Phi) is 4.39. The Balaban J connectivity index is 1.67. The molecule has 22 heavy (non-hydrogen) atoms. The average Bonchev–Trinajstić information content (AvgIpc) is 2.96. The Morgan fingerprint density at radius 3 is 2.86 bits per heavy atom. The van der Waals surface area contributed by atoms with Crippen molar-refractivity contribution in [3.8, 4) is 5.69 Å². The van der Waals surface area contributed by atoms with E-state index in [1.807, 2.05) is 18.2 Å². The molecule has 1 atom stereocenters. The van der Waals surface area contributed by atoms with Crippen molar-refractivity contribution in [3.05, 3.63) is 52.4 Å². The van der Waals surface area contributed by atoms with Crippen molar-refractivity contribution >= 4 is 5.91 Å². The van der Waals surface area contributed by atoms with E-state index in [9.17, 15) is 9.59 Å². The van der Waals surface area contributed by atoms with Gasteiger partial charge < -0.3 is 10.1 Å². The quantitative estimate of drug-likeness (QED) is 0.897. The molecule has 1 aliphatic rings. The third-order valence-electron chi connectivity index (χ3n) is 3.74. The SMILES string of the molecule is O=C(NC[C@@H]1CCCCO1)c1cc(=O)n(-c2ccccc2)[nH]1. The number of rotatable bonds is 4. The fourth-order valence-corrected chi connectivity index (χ4v) is 2.55. The van der Waals surface area contributed by atoms with Gasteiger partial charge >= 0.3 is 0 Å². The highest BCUT2D eigenvalue weighted by molar-refractivity contribution is 5.92. The van der Waals surface area contributed by atoms with Crippen LogP contribution in [0.25, 0.3) is 5.69 Å². The van der Waals surface area contributed by atoms with Crippen molar-refractivity contribution in [1.82, 2.24) is 15.1 Å². The minimum atomic E-state index is -0.291. The Labute approximate surface area is 128 Å². The standard InChI is InChI=1S/C16H19N3O3/c20-15-10-14(18-19(15)12-6-2-1-3-7-12)16(21)17-11-13-8-4-5-9-22-13/h1-3,6-7,10,13,18H,4-5,8-9,11H2,(H,17,21)/t13-/m0/s1. The van der Waals surface area contributed by atoms with E-state index in [4.69, 9.17) is 4.74 Å². The number of carbonyl (C=O) groups excluding carboxylic acids is 1. The summed E-state index contributed by atoms with van der Waals surface area (Å²) in [4.78, 5) is 24.1. The van der Waals surface area contributed by atoms with Crippen molar-refractivity contribution in [2.24, 2.45) is 0 Å². The van der Waals surface area contributed by atoms with Gasteiger partial charge in [-0.25, -0.2) is 4.68 Å². The van der Waals surface area contributed by atoms with Crippen molar-refractivity contribution in [3.63, 3.8) is 0 Å². The van der Waals surface area contributed by atoms with Gasteiger partial charge in [-0.15, -0.1) is 0 Å². The van der Waals surface area contributed by atoms with E-state index in [2.05, 4.69) is 10.4 Å². The Hall–Kier alpha value is -2.34. The van der Waals surface area contributed by atoms with Gasteiger partial charge in [0.1, 0.15) is 5.69 Å². The molecule has 2 aromatic rings. The summed E-state index contributed by atoms with van der Waals surface area (Å²) < 4.78 is 6.92. The molecule has 1 aliphatic heterocycles. The maximum atomic E-state index is 12.1. The zero-order valence-corrected chi connectivity index (χ0v) is 12.2. The lowest BCUT2D eigenvalue weighted by molar-refractivity contribution is 0.0168. The summed E-state index contributed by atoms with van der Waals surface area (Å²) in [5.74, 6) is -0.291. The number of para-hydroxylation sites is 1. The Morgan fingerprint density at radius 2 is 2.14 bits per heavy atom. The molecule has 1 saturated heterocycles. The lowest BCUT2D eigenvalue weighted by Gasteiger charge is -2.22. The van der Waals surface area contributed by atoms with E-state index in [1.54, 1.807) is 12.1 Å². The van der Waals surface area contributed by atoms with Gasteiger partial charge in [-0.2, -0.15) is 0 Å². The summed E-state index contributed by atoms with van der Waals surface area (Å²) in [6, 6.07) is 10.5. The summed E-state index contributed by atoms with van der Waals surface area (Å²) in [5, 5.41) is 5.65. The van der Waals surface area contributed by atoms with Crippen molar-refractivity contribution < 1.29 is 9.53 Å². The molecule has 6 heteroatoms. The van der Waals surface area contributed by atoms with Crippen LogP contribution in [0.2, 0.25) is 0 Å². The number of hydrogen-bond donors (Lipinski definition) is 2. The summed E-state index contributed by atoms with van der Waals surface area (Å²) in [5.41, 5.74) is 0.692. The van der Waals surface area contributed by atoms with Crippen LogP contribution in [-0.2, 0) is 4.74 Å². The van der Waals surface area contributed by atoms with Crippen LogP contribution in [0.5, 0.6) is 0 Å². The predicted octanol–water partition coefficient (Wildman–Crippen LogP) is 1.46. The molecule has 116 valence electrons. The van der Waals surface area contributed by atoms with Crippen LogP contribution in [0.15, 0.2) is 41.2 Å². The van der Waals surface area contributed by atoms with Gasteiger partial charge in [-0.3, -0.25) is 14.7 Å². The number of ether oxygens (including phenoxy) is 1. The van der Waals surface area contributed by atoms with Gasteiger partial charge in [0.15, 0.2) is 0 Å². The second-order valence-corrected chi connectivity index (χ2v) is 5.38. The van der Waals surface area contributed by atoms with Crippen LogP contribution in [0, 0.1) is 0 Å². The maximum Gasteiger partial charge on any atom is 0.271 e. The van der Waals surface area contributed by atoms with Crippen LogP contribution in [0.1, 0.15) is 29.8 Å². The van der Waals surface area contributed by atoms with E-state index < -0.39 is 0 Å². The minimum absolute atomic E-state index is 0.0700. The molecule has 0 spiro atoms. The van der Waals surface area contributed by atoms with E-state index in [0.717, 1.165) is 25.9 Å². The Morgan fingerprint density at radius 1 is 1.32 bits per heavy atom.